The molecular formula is C17H15F3O3. The summed E-state index contributed by atoms with van der Waals surface area (Å²) in [7, 11) is 0. The molecule has 2 aromatic carbocycles. The van der Waals surface area contributed by atoms with Crippen molar-refractivity contribution in [3.05, 3.63) is 53.6 Å². The first-order chi connectivity index (χ1) is 10.8. The number of ether oxygens (including phenoxy) is 2. The Morgan fingerprint density at radius 2 is 1.65 bits per heavy atom. The van der Waals surface area contributed by atoms with Crippen LogP contribution in [0, 0.1) is 0 Å². The Morgan fingerprint density at radius 1 is 1.04 bits per heavy atom. The highest BCUT2D eigenvalue weighted by atomic mass is 19.4. The summed E-state index contributed by atoms with van der Waals surface area (Å²) in [5.74, 6) is 0.626. The Labute approximate surface area is 131 Å². The van der Waals surface area contributed by atoms with Gasteiger partial charge in [-0.25, -0.2) is 0 Å². The van der Waals surface area contributed by atoms with Crippen LogP contribution in [0.15, 0.2) is 42.5 Å². The predicted molar refractivity (Wildman–Crippen MR) is 79.1 cm³/mol. The van der Waals surface area contributed by atoms with Crippen LogP contribution in [0.5, 0.6) is 17.2 Å². The van der Waals surface area contributed by atoms with Crippen LogP contribution in [0.1, 0.15) is 29.8 Å². The molecule has 0 saturated carbocycles. The van der Waals surface area contributed by atoms with Crippen molar-refractivity contribution in [2.75, 3.05) is 6.61 Å². The third-order valence-corrected chi connectivity index (χ3v) is 3.05. The highest BCUT2D eigenvalue weighted by Crippen LogP contribution is 2.34. The van der Waals surface area contributed by atoms with E-state index in [0.29, 0.717) is 18.1 Å². The van der Waals surface area contributed by atoms with E-state index in [1.54, 1.807) is 24.3 Å². The van der Waals surface area contributed by atoms with E-state index in [9.17, 15) is 18.0 Å². The molecule has 2 rings (SSSR count). The highest BCUT2D eigenvalue weighted by molar-refractivity contribution is 5.97. The molecule has 0 fully saturated rings. The zero-order valence-electron chi connectivity index (χ0n) is 12.6. The van der Waals surface area contributed by atoms with Gasteiger partial charge in [-0.2, -0.15) is 13.2 Å². The van der Waals surface area contributed by atoms with Gasteiger partial charge in [0.2, 0.25) is 0 Å². The lowest BCUT2D eigenvalue weighted by Gasteiger charge is -2.13. The first-order valence-corrected chi connectivity index (χ1v) is 6.94. The predicted octanol–water partition coefficient (Wildman–Crippen LogP) is 5.10. The summed E-state index contributed by atoms with van der Waals surface area (Å²) in [4.78, 5) is 11.6. The summed E-state index contributed by atoms with van der Waals surface area (Å²) in [5, 5.41) is 0. The van der Waals surface area contributed by atoms with E-state index in [-0.39, 0.29) is 11.3 Å². The molecular weight excluding hydrogens is 309 g/mol. The second-order valence-corrected chi connectivity index (χ2v) is 4.77. The number of ketones is 1. The van der Waals surface area contributed by atoms with Gasteiger partial charge >= 0.3 is 6.18 Å². The summed E-state index contributed by atoms with van der Waals surface area (Å²) in [6, 6.07) is 9.42. The lowest BCUT2D eigenvalue weighted by molar-refractivity contribution is -0.137. The van der Waals surface area contributed by atoms with Crippen LogP contribution in [0.2, 0.25) is 0 Å². The van der Waals surface area contributed by atoms with Gasteiger partial charge in [-0.05, 0) is 56.3 Å². The van der Waals surface area contributed by atoms with E-state index in [4.69, 9.17) is 9.47 Å². The van der Waals surface area contributed by atoms with E-state index in [1.807, 2.05) is 6.92 Å². The van der Waals surface area contributed by atoms with Crippen LogP contribution < -0.4 is 9.47 Å². The van der Waals surface area contributed by atoms with Crippen LogP contribution in [-0.4, -0.2) is 12.4 Å². The summed E-state index contributed by atoms with van der Waals surface area (Å²) in [6.07, 6.45) is -4.51. The minimum atomic E-state index is -4.51. The number of hydrogen-bond acceptors (Lipinski definition) is 3. The quantitative estimate of drug-likeness (QED) is 0.718. The van der Waals surface area contributed by atoms with Gasteiger partial charge in [0.15, 0.2) is 5.78 Å². The molecule has 0 unspecified atom stereocenters. The first-order valence-electron chi connectivity index (χ1n) is 6.94. The number of halogens is 3. The number of rotatable bonds is 5. The third kappa shape index (κ3) is 4.25. The first kappa shape index (κ1) is 16.9. The molecule has 0 aliphatic rings. The summed E-state index contributed by atoms with van der Waals surface area (Å²) in [6.45, 7) is 3.57. The Bertz CT molecular complexity index is 691. The van der Waals surface area contributed by atoms with Crippen molar-refractivity contribution in [3.63, 3.8) is 0 Å². The van der Waals surface area contributed by atoms with Gasteiger partial charge in [-0.15, -0.1) is 0 Å². The molecule has 122 valence electrons. The molecule has 0 heterocycles. The third-order valence-electron chi connectivity index (χ3n) is 3.05. The fourth-order valence-electron chi connectivity index (χ4n) is 1.97. The Morgan fingerprint density at radius 3 is 2.17 bits per heavy atom. The number of benzene rings is 2. The van der Waals surface area contributed by atoms with Crippen molar-refractivity contribution in [1.29, 1.82) is 0 Å². The van der Waals surface area contributed by atoms with Crippen molar-refractivity contribution in [2.45, 2.75) is 20.0 Å². The number of carbonyl (C=O) groups excluding carboxylic acids is 1. The van der Waals surface area contributed by atoms with Crippen LogP contribution in [0.25, 0.3) is 0 Å². The zero-order chi connectivity index (χ0) is 17.0. The Kier molecular flexibility index (Phi) is 4.93. The number of carbonyl (C=O) groups is 1. The average molecular weight is 324 g/mol. The van der Waals surface area contributed by atoms with Gasteiger partial charge in [-0.1, -0.05) is 0 Å². The largest absolute Gasteiger partial charge is 0.494 e. The topological polar surface area (TPSA) is 35.5 Å². The molecule has 0 aliphatic carbocycles. The Hall–Kier alpha value is -2.50. The van der Waals surface area contributed by atoms with E-state index in [1.165, 1.54) is 6.92 Å². The normalized spacial score (nSPS) is 11.2. The Balaban J connectivity index is 2.30. The van der Waals surface area contributed by atoms with Crippen LogP contribution in [0.3, 0.4) is 0 Å². The van der Waals surface area contributed by atoms with Gasteiger partial charge in [0.25, 0.3) is 0 Å². The van der Waals surface area contributed by atoms with Gasteiger partial charge < -0.3 is 9.47 Å². The molecule has 0 spiro atoms. The molecule has 0 atom stereocenters. The molecule has 0 radical (unpaired) electrons. The molecule has 0 aliphatic heterocycles. The number of alkyl halides is 3. The minimum Gasteiger partial charge on any atom is -0.494 e. The van der Waals surface area contributed by atoms with Gasteiger partial charge in [0.1, 0.15) is 17.2 Å². The lowest BCUT2D eigenvalue weighted by atomic mass is 10.1. The van der Waals surface area contributed by atoms with Crippen LogP contribution in [0.4, 0.5) is 13.2 Å². The summed E-state index contributed by atoms with van der Waals surface area (Å²) >= 11 is 0. The fourth-order valence-corrected chi connectivity index (χ4v) is 1.97. The van der Waals surface area contributed by atoms with E-state index >= 15 is 0 Å². The molecule has 0 bridgehead atoms. The second-order valence-electron chi connectivity index (χ2n) is 4.77. The smallest absolute Gasteiger partial charge is 0.416 e. The molecule has 3 nitrogen and oxygen atoms in total. The SMILES string of the molecule is CCOc1ccc(Oc2ccc(C(F)(F)F)cc2C(C)=O)cc1. The van der Waals surface area contributed by atoms with Crippen molar-refractivity contribution >= 4 is 5.78 Å². The second kappa shape index (κ2) is 6.73. The van der Waals surface area contributed by atoms with Crippen LogP contribution in [-0.2, 0) is 6.18 Å². The molecule has 0 saturated heterocycles. The zero-order valence-corrected chi connectivity index (χ0v) is 12.6. The minimum absolute atomic E-state index is 0.0784. The number of Topliss-reactive ketones (excluding diaryl/α,β-unsaturated/α-hetero) is 1. The van der Waals surface area contributed by atoms with Crippen molar-refractivity contribution < 1.29 is 27.4 Å². The molecule has 0 amide bonds. The molecule has 6 heteroatoms. The highest BCUT2D eigenvalue weighted by Gasteiger charge is 2.31. The van der Waals surface area contributed by atoms with Crippen molar-refractivity contribution in [2.24, 2.45) is 0 Å². The maximum absolute atomic E-state index is 12.7. The molecule has 2 aromatic rings. The fraction of sp³-hybridized carbons (Fsp3) is 0.235. The summed E-state index contributed by atoms with van der Waals surface area (Å²) in [5.41, 5.74) is -1.00. The maximum Gasteiger partial charge on any atom is 0.416 e. The van der Waals surface area contributed by atoms with E-state index in [2.05, 4.69) is 0 Å². The average Bonchev–Trinajstić information content (AvgIpc) is 2.48. The lowest BCUT2D eigenvalue weighted by Crippen LogP contribution is -2.07. The molecule has 0 aromatic heterocycles. The van der Waals surface area contributed by atoms with E-state index in [0.717, 1.165) is 18.2 Å². The number of hydrogen-bond donors (Lipinski definition) is 0. The van der Waals surface area contributed by atoms with Gasteiger partial charge in [0.05, 0.1) is 17.7 Å². The molecule has 0 N–H and O–H groups in total. The van der Waals surface area contributed by atoms with Crippen molar-refractivity contribution in [1.82, 2.24) is 0 Å². The summed E-state index contributed by atoms with van der Waals surface area (Å²) < 4.78 is 49.0. The maximum atomic E-state index is 12.7. The van der Waals surface area contributed by atoms with Crippen molar-refractivity contribution in [3.8, 4) is 17.2 Å². The van der Waals surface area contributed by atoms with E-state index < -0.39 is 17.5 Å². The molecule has 23 heavy (non-hydrogen) atoms. The van der Waals surface area contributed by atoms with Crippen LogP contribution >= 0.6 is 0 Å². The van der Waals surface area contributed by atoms with Gasteiger partial charge in [0, 0.05) is 0 Å². The monoisotopic (exact) mass is 324 g/mol. The van der Waals surface area contributed by atoms with Gasteiger partial charge in [-0.3, -0.25) is 4.79 Å². The standard InChI is InChI=1S/C17H15F3O3/c1-3-22-13-5-7-14(8-6-13)23-16-9-4-12(17(18,19)20)10-15(16)11(2)21/h4-10H,3H2,1-2H3.